The van der Waals surface area contributed by atoms with Crippen molar-refractivity contribution in [2.45, 2.75) is 46.1 Å². The van der Waals surface area contributed by atoms with E-state index in [9.17, 15) is 19.7 Å². The molecule has 12 heteroatoms. The predicted molar refractivity (Wildman–Crippen MR) is 140 cm³/mol. The van der Waals surface area contributed by atoms with Crippen LogP contribution in [0.25, 0.3) is 10.9 Å². The van der Waals surface area contributed by atoms with Crippen molar-refractivity contribution in [3.8, 4) is 5.75 Å². The Labute approximate surface area is 220 Å². The van der Waals surface area contributed by atoms with Crippen molar-refractivity contribution in [2.75, 3.05) is 6.61 Å². The first kappa shape index (κ1) is 27.3. The second-order valence-corrected chi connectivity index (χ2v) is 10.2. The first-order valence-corrected chi connectivity index (χ1v) is 12.1. The SMILES string of the molecule is CCOC(=O)[C@H](C)Oc1c(Cl)cc(C=Nn2c(C(C)(C)C)nc3ccc(Br)cc3c2=O)cc1[N+](=O)[O-]. The quantitative estimate of drug-likeness (QED) is 0.162. The maximum absolute atomic E-state index is 13.3. The average molecular weight is 580 g/mol. The third-order valence-corrected chi connectivity index (χ3v) is 5.73. The lowest BCUT2D eigenvalue weighted by Gasteiger charge is -2.20. The molecule has 0 bridgehead atoms. The molecule has 0 aliphatic carbocycles. The number of hydrogen-bond acceptors (Lipinski definition) is 8. The number of rotatable bonds is 7. The highest BCUT2D eigenvalue weighted by molar-refractivity contribution is 9.10. The third-order valence-electron chi connectivity index (χ3n) is 4.96. The molecule has 0 spiro atoms. The number of carbonyl (C=O) groups excluding carboxylic acids is 1. The monoisotopic (exact) mass is 578 g/mol. The van der Waals surface area contributed by atoms with Crippen molar-refractivity contribution in [1.82, 2.24) is 9.66 Å². The van der Waals surface area contributed by atoms with Gasteiger partial charge in [-0.05, 0) is 38.1 Å². The maximum atomic E-state index is 13.3. The maximum Gasteiger partial charge on any atom is 0.347 e. The van der Waals surface area contributed by atoms with Gasteiger partial charge in [-0.15, -0.1) is 0 Å². The van der Waals surface area contributed by atoms with Crippen molar-refractivity contribution in [3.05, 3.63) is 71.7 Å². The molecular weight excluding hydrogens is 556 g/mol. The van der Waals surface area contributed by atoms with E-state index in [2.05, 4.69) is 26.0 Å². The fraction of sp³-hybridized carbons (Fsp3) is 0.333. The number of benzene rings is 2. The molecule has 1 aromatic heterocycles. The lowest BCUT2D eigenvalue weighted by atomic mass is 9.95. The molecule has 0 aliphatic heterocycles. The molecule has 0 radical (unpaired) electrons. The number of halogens is 2. The summed E-state index contributed by atoms with van der Waals surface area (Å²) in [6.45, 7) is 8.85. The summed E-state index contributed by atoms with van der Waals surface area (Å²) in [4.78, 5) is 40.9. The van der Waals surface area contributed by atoms with Crippen LogP contribution in [0.1, 0.15) is 46.0 Å². The summed E-state index contributed by atoms with van der Waals surface area (Å²) in [5.74, 6) is -0.551. The van der Waals surface area contributed by atoms with Crippen LogP contribution in [0.4, 0.5) is 5.69 Å². The van der Waals surface area contributed by atoms with Gasteiger partial charge < -0.3 is 9.47 Å². The van der Waals surface area contributed by atoms with Crippen LogP contribution in [0.2, 0.25) is 5.02 Å². The molecule has 1 heterocycles. The third kappa shape index (κ3) is 5.90. The summed E-state index contributed by atoms with van der Waals surface area (Å²) >= 11 is 9.65. The van der Waals surface area contributed by atoms with Crippen LogP contribution in [-0.4, -0.2) is 39.5 Å². The fourth-order valence-electron chi connectivity index (χ4n) is 3.28. The zero-order chi connectivity index (χ0) is 26.8. The van der Waals surface area contributed by atoms with Gasteiger partial charge >= 0.3 is 11.7 Å². The normalized spacial score (nSPS) is 12.6. The number of carbonyl (C=O) groups is 1. The van der Waals surface area contributed by atoms with E-state index in [1.165, 1.54) is 29.9 Å². The van der Waals surface area contributed by atoms with Crippen LogP contribution in [0.15, 0.2) is 44.7 Å². The molecule has 0 saturated carbocycles. The Morgan fingerprint density at radius 1 is 1.33 bits per heavy atom. The number of nitro groups is 1. The largest absolute Gasteiger partial charge is 0.471 e. The summed E-state index contributed by atoms with van der Waals surface area (Å²) in [7, 11) is 0. The number of ether oxygens (including phenoxy) is 2. The molecule has 10 nitrogen and oxygen atoms in total. The molecule has 3 aromatic rings. The Morgan fingerprint density at radius 3 is 2.64 bits per heavy atom. The smallest absolute Gasteiger partial charge is 0.347 e. The summed E-state index contributed by atoms with van der Waals surface area (Å²) in [6, 6.07) is 7.76. The van der Waals surface area contributed by atoms with Crippen LogP contribution in [0.5, 0.6) is 5.75 Å². The van der Waals surface area contributed by atoms with Crippen molar-refractivity contribution in [1.29, 1.82) is 0 Å². The fourth-order valence-corrected chi connectivity index (χ4v) is 3.90. The average Bonchev–Trinajstić information content (AvgIpc) is 2.79. The van der Waals surface area contributed by atoms with Crippen LogP contribution < -0.4 is 10.3 Å². The molecule has 1 atom stereocenters. The van der Waals surface area contributed by atoms with Crippen molar-refractivity contribution in [3.63, 3.8) is 0 Å². The number of hydrogen-bond donors (Lipinski definition) is 0. The van der Waals surface area contributed by atoms with Gasteiger partial charge in [-0.3, -0.25) is 14.9 Å². The van der Waals surface area contributed by atoms with E-state index in [0.717, 1.165) is 0 Å². The molecule has 36 heavy (non-hydrogen) atoms. The molecule has 0 aliphatic rings. The number of esters is 1. The Hall–Kier alpha value is -3.31. The van der Waals surface area contributed by atoms with Gasteiger partial charge in [0.05, 0.1) is 33.7 Å². The van der Waals surface area contributed by atoms with E-state index in [1.54, 1.807) is 25.1 Å². The van der Waals surface area contributed by atoms with Gasteiger partial charge in [-0.25, -0.2) is 9.78 Å². The Balaban J connectivity index is 2.10. The molecule has 0 unspecified atom stereocenters. The molecule has 0 amide bonds. The minimum atomic E-state index is -1.11. The minimum Gasteiger partial charge on any atom is -0.471 e. The highest BCUT2D eigenvalue weighted by Gasteiger charge is 2.26. The molecule has 0 saturated heterocycles. The van der Waals surface area contributed by atoms with E-state index < -0.39 is 33.7 Å². The minimum absolute atomic E-state index is 0.106. The second kappa shape index (κ2) is 10.8. The number of nitrogens with zero attached hydrogens (tertiary/aromatic N) is 4. The Bertz CT molecular complexity index is 1430. The van der Waals surface area contributed by atoms with Crippen molar-refractivity contribution in [2.24, 2.45) is 5.10 Å². The van der Waals surface area contributed by atoms with E-state index in [-0.39, 0.29) is 22.9 Å². The Kier molecular flexibility index (Phi) is 8.15. The molecule has 190 valence electrons. The topological polar surface area (TPSA) is 126 Å². The summed E-state index contributed by atoms with van der Waals surface area (Å²) in [5, 5.41) is 16.3. The Morgan fingerprint density at radius 2 is 2.03 bits per heavy atom. The molecular formula is C24H24BrClN4O6. The van der Waals surface area contributed by atoms with Crippen LogP contribution in [0, 0.1) is 10.1 Å². The highest BCUT2D eigenvalue weighted by atomic mass is 79.9. The van der Waals surface area contributed by atoms with Gasteiger partial charge in [-0.1, -0.05) is 48.3 Å². The van der Waals surface area contributed by atoms with Gasteiger partial charge in [0.2, 0.25) is 5.75 Å². The molecule has 0 fully saturated rings. The lowest BCUT2D eigenvalue weighted by Crippen LogP contribution is -2.29. The standard InChI is InChI=1S/C24H24BrClN4O6/c1-6-35-22(32)13(2)36-20-17(26)9-14(10-19(20)30(33)34)12-27-29-21(31)16-11-15(25)7-8-18(16)28-23(29)24(3,4)5/h7-13H,6H2,1-5H3/t13-/m0/s1. The van der Waals surface area contributed by atoms with Gasteiger partial charge in [0, 0.05) is 21.5 Å². The summed E-state index contributed by atoms with van der Waals surface area (Å²) in [5.41, 5.74) is -0.641. The highest BCUT2D eigenvalue weighted by Crippen LogP contribution is 2.36. The van der Waals surface area contributed by atoms with E-state index in [1.807, 2.05) is 20.8 Å². The van der Waals surface area contributed by atoms with Gasteiger partial charge in [0.25, 0.3) is 5.56 Å². The summed E-state index contributed by atoms with van der Waals surface area (Å²) in [6.07, 6.45) is 0.163. The van der Waals surface area contributed by atoms with E-state index >= 15 is 0 Å². The summed E-state index contributed by atoms with van der Waals surface area (Å²) < 4.78 is 12.2. The van der Waals surface area contributed by atoms with Crippen LogP contribution in [0.3, 0.4) is 0 Å². The first-order chi connectivity index (χ1) is 16.8. The van der Waals surface area contributed by atoms with Crippen LogP contribution >= 0.6 is 27.5 Å². The zero-order valence-electron chi connectivity index (χ0n) is 20.2. The van der Waals surface area contributed by atoms with Gasteiger partial charge in [-0.2, -0.15) is 9.78 Å². The number of fused-ring (bicyclic) bond motifs is 1. The predicted octanol–water partition coefficient (Wildman–Crippen LogP) is 5.23. The van der Waals surface area contributed by atoms with Crippen molar-refractivity contribution >= 4 is 56.3 Å². The zero-order valence-corrected chi connectivity index (χ0v) is 22.6. The van der Waals surface area contributed by atoms with E-state index in [4.69, 9.17) is 21.1 Å². The lowest BCUT2D eigenvalue weighted by molar-refractivity contribution is -0.386. The van der Waals surface area contributed by atoms with Gasteiger partial charge in [0.1, 0.15) is 5.82 Å². The number of nitro benzene ring substituents is 1. The second-order valence-electron chi connectivity index (χ2n) is 8.83. The molecule has 2 aromatic carbocycles. The van der Waals surface area contributed by atoms with E-state index in [0.29, 0.717) is 21.2 Å². The van der Waals surface area contributed by atoms with Crippen LogP contribution in [-0.2, 0) is 14.9 Å². The van der Waals surface area contributed by atoms with Crippen molar-refractivity contribution < 1.29 is 19.2 Å². The van der Waals surface area contributed by atoms with Gasteiger partial charge in [0.15, 0.2) is 6.10 Å². The first-order valence-electron chi connectivity index (χ1n) is 10.9. The molecule has 0 N–H and O–H groups in total. The molecule has 3 rings (SSSR count). The number of aromatic nitrogens is 2.